The Morgan fingerprint density at radius 2 is 1.65 bits per heavy atom. The van der Waals surface area contributed by atoms with E-state index in [0.717, 1.165) is 51.4 Å². The highest BCUT2D eigenvalue weighted by molar-refractivity contribution is 5.96. The minimum Gasteiger partial charge on any atom is -0.469 e. The van der Waals surface area contributed by atoms with E-state index in [2.05, 4.69) is 54.5 Å². The molecule has 7 atom stereocenters. The average molecular weight is 467 g/mol. The zero-order valence-corrected chi connectivity index (χ0v) is 22.9. The second-order valence-electron chi connectivity index (χ2n) is 14.2. The average Bonchev–Trinajstić information content (AvgIpc) is 3.12. The molecular formula is C31H46O3. The number of esters is 1. The quantitative estimate of drug-likeness (QED) is 0.313. The van der Waals surface area contributed by atoms with Gasteiger partial charge in [-0.2, -0.15) is 0 Å². The predicted octanol–water partition coefficient (Wildman–Crippen LogP) is 7.45. The highest BCUT2D eigenvalue weighted by atomic mass is 16.5. The minimum atomic E-state index is -0.453. The molecule has 0 spiro atoms. The van der Waals surface area contributed by atoms with Crippen molar-refractivity contribution in [3.05, 3.63) is 22.8 Å². The third-order valence-corrected chi connectivity index (χ3v) is 12.3. The van der Waals surface area contributed by atoms with E-state index in [1.165, 1.54) is 19.1 Å². The molecular weight excluding hydrogens is 420 g/mol. The van der Waals surface area contributed by atoms with Crippen LogP contribution >= 0.6 is 0 Å². The van der Waals surface area contributed by atoms with Gasteiger partial charge < -0.3 is 4.74 Å². The molecule has 0 aromatic rings. The van der Waals surface area contributed by atoms with Gasteiger partial charge in [0, 0.05) is 5.92 Å². The molecule has 188 valence electrons. The number of rotatable bonds is 2. The molecule has 0 N–H and O–H groups in total. The molecule has 3 heteroatoms. The molecule has 3 saturated carbocycles. The molecule has 3 fully saturated rings. The number of hydrogen-bond donors (Lipinski definition) is 0. The van der Waals surface area contributed by atoms with Crippen molar-refractivity contribution >= 4 is 11.8 Å². The van der Waals surface area contributed by atoms with Crippen LogP contribution in [0.4, 0.5) is 0 Å². The van der Waals surface area contributed by atoms with Crippen LogP contribution in [0.25, 0.3) is 0 Å². The lowest BCUT2D eigenvalue weighted by Gasteiger charge is -2.67. The summed E-state index contributed by atoms with van der Waals surface area (Å²) in [5, 5.41) is 0. The third-order valence-electron chi connectivity index (χ3n) is 12.3. The van der Waals surface area contributed by atoms with E-state index in [0.29, 0.717) is 11.7 Å². The fourth-order valence-corrected chi connectivity index (χ4v) is 9.85. The summed E-state index contributed by atoms with van der Waals surface area (Å²) in [6, 6.07) is 0. The number of ketones is 1. The van der Waals surface area contributed by atoms with Crippen molar-refractivity contribution in [1.29, 1.82) is 0 Å². The SMILES string of the molecule is COC(=O)[C@@]1(C)CC[C@]2(C)CC[C@]3(C)C(=CC(=O)[C@H]4[C@@]5(C)CCC(C(C)C)=C5CC[C@]43C)[C@H]2C1. The Morgan fingerprint density at radius 1 is 0.971 bits per heavy atom. The number of carbonyl (C=O) groups excluding carboxylic acids is 2. The summed E-state index contributed by atoms with van der Waals surface area (Å²) in [4.78, 5) is 27.0. The van der Waals surface area contributed by atoms with E-state index in [1.54, 1.807) is 11.1 Å². The van der Waals surface area contributed by atoms with E-state index >= 15 is 0 Å². The molecule has 0 aliphatic heterocycles. The van der Waals surface area contributed by atoms with Crippen molar-refractivity contribution in [3.8, 4) is 0 Å². The Bertz CT molecular complexity index is 1000. The third kappa shape index (κ3) is 2.88. The van der Waals surface area contributed by atoms with Crippen LogP contribution in [-0.2, 0) is 14.3 Å². The molecule has 0 aromatic carbocycles. The van der Waals surface area contributed by atoms with Crippen molar-refractivity contribution in [2.45, 2.75) is 106 Å². The first-order valence-corrected chi connectivity index (χ1v) is 13.8. The standard InChI is InChI=1S/C31H46O3/c1-19(2)20-9-11-29(5)21(20)10-12-31(7)25(29)24(32)17-22-23-18-28(4,26(33)34-8)14-13-27(23,3)15-16-30(22,31)6/h17,19,23,25H,9-16,18H2,1-8H3/t23-,25+,27-,28+,29+,30-,31-/m1/s1. The van der Waals surface area contributed by atoms with Gasteiger partial charge in [-0.3, -0.25) is 9.59 Å². The Balaban J connectivity index is 1.62. The first-order valence-electron chi connectivity index (χ1n) is 13.8. The fourth-order valence-electron chi connectivity index (χ4n) is 9.85. The number of fused-ring (bicyclic) bond motifs is 7. The van der Waals surface area contributed by atoms with Crippen LogP contribution in [0.1, 0.15) is 106 Å². The lowest BCUT2D eigenvalue weighted by molar-refractivity contribution is -0.161. The van der Waals surface area contributed by atoms with Crippen LogP contribution in [0.2, 0.25) is 0 Å². The van der Waals surface area contributed by atoms with Gasteiger partial charge in [0.25, 0.3) is 0 Å². The molecule has 34 heavy (non-hydrogen) atoms. The van der Waals surface area contributed by atoms with Gasteiger partial charge in [-0.15, -0.1) is 0 Å². The number of hydrogen-bond acceptors (Lipinski definition) is 3. The van der Waals surface area contributed by atoms with Crippen molar-refractivity contribution in [1.82, 2.24) is 0 Å². The summed E-state index contributed by atoms with van der Waals surface area (Å²) in [6.45, 7) is 16.5. The van der Waals surface area contributed by atoms with Gasteiger partial charge in [0.15, 0.2) is 5.78 Å². The van der Waals surface area contributed by atoms with E-state index in [-0.39, 0.29) is 39.5 Å². The van der Waals surface area contributed by atoms with Crippen molar-refractivity contribution in [3.63, 3.8) is 0 Å². The highest BCUT2D eigenvalue weighted by Gasteiger charge is 2.68. The van der Waals surface area contributed by atoms with Gasteiger partial charge in [0.05, 0.1) is 12.5 Å². The van der Waals surface area contributed by atoms with Crippen LogP contribution < -0.4 is 0 Å². The largest absolute Gasteiger partial charge is 0.469 e. The van der Waals surface area contributed by atoms with Crippen LogP contribution in [0.15, 0.2) is 22.8 Å². The summed E-state index contributed by atoms with van der Waals surface area (Å²) in [6.07, 6.45) is 11.7. The highest BCUT2D eigenvalue weighted by Crippen LogP contribution is 2.74. The normalized spacial score (nSPS) is 48.0. The van der Waals surface area contributed by atoms with Gasteiger partial charge in [0.2, 0.25) is 0 Å². The maximum Gasteiger partial charge on any atom is 0.311 e. The van der Waals surface area contributed by atoms with Crippen molar-refractivity contribution in [2.75, 3.05) is 7.11 Å². The van der Waals surface area contributed by atoms with Gasteiger partial charge in [-0.25, -0.2) is 0 Å². The van der Waals surface area contributed by atoms with Gasteiger partial charge in [0.1, 0.15) is 0 Å². The van der Waals surface area contributed by atoms with Gasteiger partial charge in [-0.05, 0) is 104 Å². The summed E-state index contributed by atoms with van der Waals surface area (Å²) >= 11 is 0. The van der Waals surface area contributed by atoms with Gasteiger partial charge >= 0.3 is 5.97 Å². The molecule has 3 nitrogen and oxygen atoms in total. The first kappa shape index (κ1) is 24.3. The zero-order chi connectivity index (χ0) is 24.9. The molecule has 0 amide bonds. The van der Waals surface area contributed by atoms with Crippen molar-refractivity contribution < 1.29 is 14.3 Å². The summed E-state index contributed by atoms with van der Waals surface area (Å²) < 4.78 is 5.25. The van der Waals surface area contributed by atoms with E-state index in [9.17, 15) is 9.59 Å². The zero-order valence-electron chi connectivity index (χ0n) is 22.9. The second-order valence-corrected chi connectivity index (χ2v) is 14.2. The Kier molecular flexibility index (Phi) is 5.24. The molecule has 5 rings (SSSR count). The Morgan fingerprint density at radius 3 is 2.29 bits per heavy atom. The maximum absolute atomic E-state index is 14.2. The topological polar surface area (TPSA) is 43.4 Å². The van der Waals surface area contributed by atoms with Crippen LogP contribution in [0, 0.1) is 44.8 Å². The number of allylic oxidation sites excluding steroid dienone is 4. The van der Waals surface area contributed by atoms with Crippen LogP contribution in [-0.4, -0.2) is 18.9 Å². The molecule has 0 saturated heterocycles. The molecule has 5 aliphatic rings. The Hall–Kier alpha value is -1.38. The smallest absolute Gasteiger partial charge is 0.311 e. The van der Waals surface area contributed by atoms with E-state index in [4.69, 9.17) is 4.74 Å². The number of carbonyl (C=O) groups is 2. The van der Waals surface area contributed by atoms with Crippen LogP contribution in [0.3, 0.4) is 0 Å². The molecule has 0 aromatic heterocycles. The monoisotopic (exact) mass is 466 g/mol. The minimum absolute atomic E-state index is 0.00255. The first-order chi connectivity index (χ1) is 15.8. The number of ether oxygens (including phenoxy) is 1. The summed E-state index contributed by atoms with van der Waals surface area (Å²) in [7, 11) is 1.52. The predicted molar refractivity (Wildman–Crippen MR) is 136 cm³/mol. The van der Waals surface area contributed by atoms with Crippen LogP contribution in [0.5, 0.6) is 0 Å². The second kappa shape index (κ2) is 7.32. The lowest BCUT2D eigenvalue weighted by Crippen LogP contribution is -2.62. The number of methoxy groups -OCH3 is 1. The summed E-state index contributed by atoms with van der Waals surface area (Å²) in [5.41, 5.74) is 4.33. The molecule has 0 radical (unpaired) electrons. The molecule has 0 heterocycles. The van der Waals surface area contributed by atoms with E-state index < -0.39 is 5.41 Å². The van der Waals surface area contributed by atoms with E-state index in [1.807, 2.05) is 0 Å². The Labute approximate surface area is 207 Å². The summed E-state index contributed by atoms with van der Waals surface area (Å²) in [5.74, 6) is 1.23. The van der Waals surface area contributed by atoms with Crippen molar-refractivity contribution in [2.24, 2.45) is 44.8 Å². The lowest BCUT2D eigenvalue weighted by atomic mass is 9.36. The fraction of sp³-hybridized carbons (Fsp3) is 0.806. The molecule has 0 bridgehead atoms. The van der Waals surface area contributed by atoms with Gasteiger partial charge in [-0.1, -0.05) is 58.3 Å². The molecule has 0 unspecified atom stereocenters. The maximum atomic E-state index is 14.2. The molecule has 5 aliphatic carbocycles.